The minimum atomic E-state index is 0.0666. The number of aromatic nitrogens is 2. The molecule has 0 saturated heterocycles. The SMILES string of the molecule is COc1ccc2c(c1)-c1nc(C#N)c(C#N)nc1C2. The molecule has 1 heterocycles. The summed E-state index contributed by atoms with van der Waals surface area (Å²) in [6, 6.07) is 9.52. The first kappa shape index (κ1) is 11.2. The molecule has 90 valence electrons. The van der Waals surface area contributed by atoms with Gasteiger partial charge in [0.1, 0.15) is 17.9 Å². The second-order valence-electron chi connectivity index (χ2n) is 4.14. The molecule has 1 aromatic carbocycles. The number of rotatable bonds is 1. The lowest BCUT2D eigenvalue weighted by Gasteiger charge is -2.04. The van der Waals surface area contributed by atoms with Gasteiger partial charge in [-0.05, 0) is 17.7 Å². The van der Waals surface area contributed by atoms with E-state index in [4.69, 9.17) is 15.3 Å². The molecule has 0 fully saturated rings. The molecule has 0 radical (unpaired) electrons. The Hall–Kier alpha value is -2.92. The molecule has 0 N–H and O–H groups in total. The Morgan fingerprint density at radius 2 is 1.89 bits per heavy atom. The van der Waals surface area contributed by atoms with E-state index in [-0.39, 0.29) is 11.4 Å². The third-order valence-electron chi connectivity index (χ3n) is 3.11. The Morgan fingerprint density at radius 3 is 2.58 bits per heavy atom. The summed E-state index contributed by atoms with van der Waals surface area (Å²) in [5.74, 6) is 0.733. The molecule has 5 heteroatoms. The Bertz CT molecular complexity index is 768. The van der Waals surface area contributed by atoms with Crippen LogP contribution >= 0.6 is 0 Å². The first-order chi connectivity index (χ1) is 9.26. The average molecular weight is 248 g/mol. The molecule has 2 aromatic rings. The molecule has 0 saturated carbocycles. The number of nitriles is 2. The van der Waals surface area contributed by atoms with E-state index in [1.165, 1.54) is 0 Å². The van der Waals surface area contributed by atoms with Crippen molar-refractivity contribution in [1.82, 2.24) is 9.97 Å². The van der Waals surface area contributed by atoms with Crippen LogP contribution in [0.2, 0.25) is 0 Å². The Balaban J connectivity index is 2.24. The molecule has 0 bridgehead atoms. The predicted molar refractivity (Wildman–Crippen MR) is 66.3 cm³/mol. The van der Waals surface area contributed by atoms with Crippen molar-refractivity contribution in [2.45, 2.75) is 6.42 Å². The summed E-state index contributed by atoms with van der Waals surface area (Å²) in [5.41, 5.74) is 3.55. The van der Waals surface area contributed by atoms with E-state index < -0.39 is 0 Å². The second-order valence-corrected chi connectivity index (χ2v) is 4.14. The molecule has 0 amide bonds. The summed E-state index contributed by atoms with van der Waals surface area (Å²) < 4.78 is 5.19. The van der Waals surface area contributed by atoms with Gasteiger partial charge in [0, 0.05) is 12.0 Å². The average Bonchev–Trinajstić information content (AvgIpc) is 2.82. The van der Waals surface area contributed by atoms with Crippen LogP contribution in [-0.2, 0) is 6.42 Å². The van der Waals surface area contributed by atoms with Crippen LogP contribution in [0.25, 0.3) is 11.3 Å². The van der Waals surface area contributed by atoms with Crippen molar-refractivity contribution >= 4 is 0 Å². The van der Waals surface area contributed by atoms with Gasteiger partial charge < -0.3 is 4.74 Å². The monoisotopic (exact) mass is 248 g/mol. The van der Waals surface area contributed by atoms with Crippen LogP contribution in [0.1, 0.15) is 22.6 Å². The summed E-state index contributed by atoms with van der Waals surface area (Å²) in [6.45, 7) is 0. The lowest BCUT2D eigenvalue weighted by Crippen LogP contribution is -1.99. The Kier molecular flexibility index (Phi) is 2.40. The van der Waals surface area contributed by atoms with E-state index in [1.54, 1.807) is 7.11 Å². The minimum Gasteiger partial charge on any atom is -0.497 e. The minimum absolute atomic E-state index is 0.0666. The van der Waals surface area contributed by atoms with Crippen LogP contribution in [0.3, 0.4) is 0 Å². The van der Waals surface area contributed by atoms with Gasteiger partial charge >= 0.3 is 0 Å². The molecule has 1 aromatic heterocycles. The van der Waals surface area contributed by atoms with Crippen LogP contribution in [0, 0.1) is 22.7 Å². The van der Waals surface area contributed by atoms with Gasteiger partial charge in [0.25, 0.3) is 0 Å². The van der Waals surface area contributed by atoms with E-state index in [1.807, 2.05) is 30.3 Å². The van der Waals surface area contributed by atoms with Crippen molar-refractivity contribution in [3.05, 3.63) is 40.8 Å². The lowest BCUT2D eigenvalue weighted by atomic mass is 10.1. The summed E-state index contributed by atoms with van der Waals surface area (Å²) in [4.78, 5) is 8.48. The fourth-order valence-corrected chi connectivity index (χ4v) is 2.20. The van der Waals surface area contributed by atoms with Crippen LogP contribution in [0.4, 0.5) is 0 Å². The quantitative estimate of drug-likeness (QED) is 0.655. The van der Waals surface area contributed by atoms with Crippen molar-refractivity contribution in [2.75, 3.05) is 7.11 Å². The van der Waals surface area contributed by atoms with Gasteiger partial charge in [-0.1, -0.05) is 6.07 Å². The molecule has 0 atom stereocenters. The normalized spacial score (nSPS) is 11.1. The van der Waals surface area contributed by atoms with Gasteiger partial charge in [-0.15, -0.1) is 0 Å². The fourth-order valence-electron chi connectivity index (χ4n) is 2.20. The molecular weight excluding hydrogens is 240 g/mol. The van der Waals surface area contributed by atoms with Gasteiger partial charge in [0.05, 0.1) is 18.5 Å². The number of methoxy groups -OCH3 is 1. The number of benzene rings is 1. The maximum Gasteiger partial charge on any atom is 0.177 e. The number of hydrogen-bond acceptors (Lipinski definition) is 5. The Morgan fingerprint density at radius 1 is 1.16 bits per heavy atom. The summed E-state index contributed by atoms with van der Waals surface area (Å²) >= 11 is 0. The highest BCUT2D eigenvalue weighted by atomic mass is 16.5. The largest absolute Gasteiger partial charge is 0.497 e. The number of fused-ring (bicyclic) bond motifs is 3. The van der Waals surface area contributed by atoms with Crippen molar-refractivity contribution in [3.8, 4) is 29.1 Å². The molecular formula is C14H8N4O. The Labute approximate surface area is 109 Å². The predicted octanol–water partition coefficient (Wildman–Crippen LogP) is 1.80. The zero-order chi connectivity index (χ0) is 13.4. The highest BCUT2D eigenvalue weighted by molar-refractivity contribution is 5.74. The van der Waals surface area contributed by atoms with E-state index in [2.05, 4.69) is 9.97 Å². The highest BCUT2D eigenvalue weighted by Gasteiger charge is 2.24. The number of hydrogen-bond donors (Lipinski definition) is 0. The van der Waals surface area contributed by atoms with E-state index in [0.29, 0.717) is 12.1 Å². The molecule has 3 rings (SSSR count). The van der Waals surface area contributed by atoms with E-state index >= 15 is 0 Å². The van der Waals surface area contributed by atoms with Gasteiger partial charge in [0.2, 0.25) is 0 Å². The zero-order valence-electron chi connectivity index (χ0n) is 10.1. The molecule has 0 aliphatic heterocycles. The maximum atomic E-state index is 9.00. The molecule has 1 aliphatic rings. The summed E-state index contributed by atoms with van der Waals surface area (Å²) in [6.07, 6.45) is 0.627. The molecule has 1 aliphatic carbocycles. The van der Waals surface area contributed by atoms with Crippen LogP contribution < -0.4 is 4.74 Å². The smallest absolute Gasteiger partial charge is 0.177 e. The highest BCUT2D eigenvalue weighted by Crippen LogP contribution is 2.36. The maximum absolute atomic E-state index is 9.00. The summed E-state index contributed by atoms with van der Waals surface area (Å²) in [5, 5.41) is 18.0. The van der Waals surface area contributed by atoms with E-state index in [0.717, 1.165) is 22.6 Å². The third-order valence-corrected chi connectivity index (χ3v) is 3.11. The third kappa shape index (κ3) is 1.61. The molecule has 0 spiro atoms. The van der Waals surface area contributed by atoms with Crippen molar-refractivity contribution < 1.29 is 4.74 Å². The topological polar surface area (TPSA) is 82.6 Å². The summed E-state index contributed by atoms with van der Waals surface area (Å²) in [7, 11) is 1.60. The van der Waals surface area contributed by atoms with Crippen LogP contribution in [-0.4, -0.2) is 17.1 Å². The second kappa shape index (κ2) is 4.08. The molecule has 5 nitrogen and oxygen atoms in total. The first-order valence-corrected chi connectivity index (χ1v) is 5.65. The lowest BCUT2D eigenvalue weighted by molar-refractivity contribution is 0.415. The molecule has 19 heavy (non-hydrogen) atoms. The van der Waals surface area contributed by atoms with Gasteiger partial charge in [-0.3, -0.25) is 0 Å². The standard InChI is InChI=1S/C14H8N4O/c1-19-9-3-2-8-4-11-14(10(8)5-9)18-13(7-16)12(6-15)17-11/h2-3,5H,4H2,1H3. The van der Waals surface area contributed by atoms with Gasteiger partial charge in [-0.2, -0.15) is 10.5 Å². The van der Waals surface area contributed by atoms with Gasteiger partial charge in [0.15, 0.2) is 11.4 Å². The van der Waals surface area contributed by atoms with Crippen molar-refractivity contribution in [2.24, 2.45) is 0 Å². The van der Waals surface area contributed by atoms with Gasteiger partial charge in [-0.25, -0.2) is 9.97 Å². The first-order valence-electron chi connectivity index (χ1n) is 5.65. The number of nitrogens with zero attached hydrogens (tertiary/aromatic N) is 4. The fraction of sp³-hybridized carbons (Fsp3) is 0.143. The van der Waals surface area contributed by atoms with Crippen LogP contribution in [0.15, 0.2) is 18.2 Å². The van der Waals surface area contributed by atoms with Crippen molar-refractivity contribution in [1.29, 1.82) is 10.5 Å². The zero-order valence-corrected chi connectivity index (χ0v) is 10.1. The van der Waals surface area contributed by atoms with Crippen molar-refractivity contribution in [3.63, 3.8) is 0 Å². The van der Waals surface area contributed by atoms with Crippen LogP contribution in [0.5, 0.6) is 5.75 Å². The molecule has 0 unspecified atom stereocenters. The number of ether oxygens (including phenoxy) is 1. The van der Waals surface area contributed by atoms with E-state index in [9.17, 15) is 0 Å².